The molecule has 0 spiro atoms. The highest BCUT2D eigenvalue weighted by molar-refractivity contribution is 9.10. The van der Waals surface area contributed by atoms with Crippen molar-refractivity contribution in [1.82, 2.24) is 4.72 Å². The fourth-order valence-corrected chi connectivity index (χ4v) is 3.33. The summed E-state index contributed by atoms with van der Waals surface area (Å²) in [5.41, 5.74) is 1.41. The van der Waals surface area contributed by atoms with Crippen LogP contribution in [-0.2, 0) is 16.6 Å². The van der Waals surface area contributed by atoms with Gasteiger partial charge in [0.05, 0.1) is 5.69 Å². The predicted octanol–water partition coefficient (Wildman–Crippen LogP) is 3.62. The highest BCUT2D eigenvalue weighted by Crippen LogP contribution is 2.24. The topological polar surface area (TPSA) is 58.2 Å². The van der Waals surface area contributed by atoms with Crippen LogP contribution in [0.3, 0.4) is 0 Å². The van der Waals surface area contributed by atoms with Crippen molar-refractivity contribution >= 4 is 43.2 Å². The molecule has 0 atom stereocenters. The van der Waals surface area contributed by atoms with Crippen molar-refractivity contribution in [3.8, 4) is 0 Å². The molecule has 0 aliphatic rings. The van der Waals surface area contributed by atoms with Crippen LogP contribution in [0.2, 0.25) is 5.02 Å². The molecule has 0 unspecified atom stereocenters. The maximum atomic E-state index is 12.0. The van der Waals surface area contributed by atoms with Crippen LogP contribution in [-0.4, -0.2) is 15.5 Å². The summed E-state index contributed by atoms with van der Waals surface area (Å²) in [6.45, 7) is 0.425. The van der Waals surface area contributed by atoms with Crippen molar-refractivity contribution < 1.29 is 8.42 Å². The molecule has 0 amide bonds. The van der Waals surface area contributed by atoms with Gasteiger partial charge in [-0.05, 0) is 42.9 Å². The van der Waals surface area contributed by atoms with Crippen LogP contribution in [0.4, 0.5) is 5.69 Å². The van der Waals surface area contributed by atoms with Gasteiger partial charge >= 0.3 is 0 Å². The lowest BCUT2D eigenvalue weighted by Gasteiger charge is -2.13. The summed E-state index contributed by atoms with van der Waals surface area (Å²) in [6, 6.07) is 12.3. The molecular weight excluding hydrogens is 376 g/mol. The molecule has 4 nitrogen and oxygen atoms in total. The number of sulfonamides is 1. The Hall–Kier alpha value is -1.08. The van der Waals surface area contributed by atoms with Crippen molar-refractivity contribution in [3.05, 3.63) is 57.5 Å². The second-order valence-electron chi connectivity index (χ2n) is 4.29. The number of para-hydroxylation sites is 1. The standard InChI is InChI=1S/C14H14BrClN2O2S/c1-17-21(19,20)14-5-3-2-4-13(14)18-9-10-8-11(15)6-7-12(10)16/h2-8,17-18H,9H2,1H3. The smallest absolute Gasteiger partial charge is 0.242 e. The fourth-order valence-electron chi connectivity index (χ4n) is 1.83. The van der Waals surface area contributed by atoms with Crippen LogP contribution in [0.1, 0.15) is 5.56 Å². The molecule has 21 heavy (non-hydrogen) atoms. The molecule has 0 saturated carbocycles. The molecular formula is C14H14BrClN2O2S. The van der Waals surface area contributed by atoms with Gasteiger partial charge in [0.15, 0.2) is 0 Å². The number of hydrogen-bond donors (Lipinski definition) is 2. The molecule has 0 saturated heterocycles. The normalized spacial score (nSPS) is 11.4. The molecule has 2 aromatic carbocycles. The average molecular weight is 390 g/mol. The molecule has 0 aliphatic heterocycles. The SMILES string of the molecule is CNS(=O)(=O)c1ccccc1NCc1cc(Br)ccc1Cl. The summed E-state index contributed by atoms with van der Waals surface area (Å²) < 4.78 is 27.2. The summed E-state index contributed by atoms with van der Waals surface area (Å²) in [5.74, 6) is 0. The van der Waals surface area contributed by atoms with Crippen molar-refractivity contribution in [1.29, 1.82) is 0 Å². The minimum absolute atomic E-state index is 0.207. The first-order valence-electron chi connectivity index (χ1n) is 6.14. The Morgan fingerprint density at radius 2 is 1.90 bits per heavy atom. The third kappa shape index (κ3) is 3.97. The second-order valence-corrected chi connectivity index (χ2v) is 7.47. The van der Waals surface area contributed by atoms with E-state index in [0.29, 0.717) is 17.3 Å². The number of hydrogen-bond acceptors (Lipinski definition) is 3. The summed E-state index contributed by atoms with van der Waals surface area (Å²) in [7, 11) is -2.12. The van der Waals surface area contributed by atoms with E-state index in [1.54, 1.807) is 30.3 Å². The van der Waals surface area contributed by atoms with Crippen molar-refractivity contribution in [2.24, 2.45) is 0 Å². The summed E-state index contributed by atoms with van der Waals surface area (Å²) >= 11 is 9.52. The van der Waals surface area contributed by atoms with Crippen LogP contribution in [0.5, 0.6) is 0 Å². The van der Waals surface area contributed by atoms with Gasteiger partial charge in [0.25, 0.3) is 0 Å². The zero-order valence-corrected chi connectivity index (χ0v) is 14.4. The van der Waals surface area contributed by atoms with Crippen LogP contribution in [0.15, 0.2) is 51.8 Å². The largest absolute Gasteiger partial charge is 0.380 e. The molecule has 2 N–H and O–H groups in total. The zero-order valence-electron chi connectivity index (χ0n) is 11.2. The van der Waals surface area contributed by atoms with Crippen molar-refractivity contribution in [3.63, 3.8) is 0 Å². The van der Waals surface area contributed by atoms with E-state index in [-0.39, 0.29) is 4.90 Å². The number of anilines is 1. The molecule has 0 aliphatic carbocycles. The van der Waals surface area contributed by atoms with E-state index in [4.69, 9.17) is 11.6 Å². The summed E-state index contributed by atoms with van der Waals surface area (Å²) in [4.78, 5) is 0.207. The highest BCUT2D eigenvalue weighted by atomic mass is 79.9. The van der Waals surface area contributed by atoms with Gasteiger partial charge in [-0.3, -0.25) is 0 Å². The second kappa shape index (κ2) is 6.79. The lowest BCUT2D eigenvalue weighted by Crippen LogP contribution is -2.20. The van der Waals surface area contributed by atoms with E-state index in [1.807, 2.05) is 12.1 Å². The Bertz CT molecular complexity index is 750. The number of nitrogens with one attached hydrogen (secondary N) is 2. The van der Waals surface area contributed by atoms with E-state index in [1.165, 1.54) is 7.05 Å². The van der Waals surface area contributed by atoms with E-state index >= 15 is 0 Å². The maximum absolute atomic E-state index is 12.0. The molecule has 0 radical (unpaired) electrons. The highest BCUT2D eigenvalue weighted by Gasteiger charge is 2.15. The Kier molecular flexibility index (Phi) is 5.27. The van der Waals surface area contributed by atoms with Gasteiger partial charge < -0.3 is 5.32 Å². The van der Waals surface area contributed by atoms with Gasteiger partial charge in [-0.2, -0.15) is 0 Å². The first-order valence-corrected chi connectivity index (χ1v) is 8.80. The third-order valence-electron chi connectivity index (χ3n) is 2.92. The van der Waals surface area contributed by atoms with E-state index in [0.717, 1.165) is 10.0 Å². The summed E-state index contributed by atoms with van der Waals surface area (Å²) in [5, 5.41) is 3.74. The quantitative estimate of drug-likeness (QED) is 0.821. The number of halogens is 2. The Balaban J connectivity index is 2.27. The lowest BCUT2D eigenvalue weighted by molar-refractivity contribution is 0.588. The first-order chi connectivity index (χ1) is 9.94. The van der Waals surface area contributed by atoms with Gasteiger partial charge in [0.1, 0.15) is 4.90 Å². The maximum Gasteiger partial charge on any atom is 0.242 e. The molecule has 0 fully saturated rings. The molecule has 0 heterocycles. The fraction of sp³-hybridized carbons (Fsp3) is 0.143. The number of benzene rings is 2. The lowest BCUT2D eigenvalue weighted by atomic mass is 10.2. The minimum Gasteiger partial charge on any atom is -0.380 e. The van der Waals surface area contributed by atoms with Gasteiger partial charge in [-0.25, -0.2) is 13.1 Å². The zero-order chi connectivity index (χ0) is 15.5. The van der Waals surface area contributed by atoms with Crippen LogP contribution >= 0.6 is 27.5 Å². The Labute approximate surface area is 137 Å². The predicted molar refractivity (Wildman–Crippen MR) is 89.2 cm³/mol. The van der Waals surface area contributed by atoms with Gasteiger partial charge in [0.2, 0.25) is 10.0 Å². The first kappa shape index (κ1) is 16.3. The van der Waals surface area contributed by atoms with E-state index in [2.05, 4.69) is 26.0 Å². The monoisotopic (exact) mass is 388 g/mol. The molecule has 112 valence electrons. The van der Waals surface area contributed by atoms with Gasteiger partial charge in [-0.15, -0.1) is 0 Å². The molecule has 0 aromatic heterocycles. The Morgan fingerprint density at radius 1 is 1.19 bits per heavy atom. The number of rotatable bonds is 5. The van der Waals surface area contributed by atoms with Gasteiger partial charge in [0, 0.05) is 16.0 Å². The molecule has 0 bridgehead atoms. The molecule has 2 aromatic rings. The summed E-state index contributed by atoms with van der Waals surface area (Å²) in [6.07, 6.45) is 0. The van der Waals surface area contributed by atoms with Crippen molar-refractivity contribution in [2.75, 3.05) is 12.4 Å². The van der Waals surface area contributed by atoms with E-state index in [9.17, 15) is 8.42 Å². The average Bonchev–Trinajstić information content (AvgIpc) is 2.48. The van der Waals surface area contributed by atoms with Gasteiger partial charge in [-0.1, -0.05) is 39.7 Å². The Morgan fingerprint density at radius 3 is 2.62 bits per heavy atom. The molecule has 7 heteroatoms. The molecule has 2 rings (SSSR count). The van der Waals surface area contributed by atoms with Crippen LogP contribution in [0.25, 0.3) is 0 Å². The van der Waals surface area contributed by atoms with Crippen LogP contribution in [0, 0.1) is 0 Å². The minimum atomic E-state index is -3.51. The van der Waals surface area contributed by atoms with Crippen LogP contribution < -0.4 is 10.0 Å². The third-order valence-corrected chi connectivity index (χ3v) is 5.26. The van der Waals surface area contributed by atoms with E-state index < -0.39 is 10.0 Å². The van der Waals surface area contributed by atoms with Crippen molar-refractivity contribution in [2.45, 2.75) is 11.4 Å².